The summed E-state index contributed by atoms with van der Waals surface area (Å²) in [6.45, 7) is -1.11. The number of carbonyl (C=O) groups excluding carboxylic acids is 3. The van der Waals surface area contributed by atoms with Crippen LogP contribution in [0.2, 0.25) is 0 Å². The smallest absolute Gasteiger partial charge is 0.349 e. The molecule has 0 fully saturated rings. The Balaban J connectivity index is 2.08. The van der Waals surface area contributed by atoms with Gasteiger partial charge < -0.3 is 9.47 Å². The fourth-order valence-electron chi connectivity index (χ4n) is 1.95. The summed E-state index contributed by atoms with van der Waals surface area (Å²) in [5, 5.41) is 0. The van der Waals surface area contributed by atoms with Crippen LogP contribution in [0.1, 0.15) is 20.7 Å². The largest absolute Gasteiger partial charge is 0.450 e. The van der Waals surface area contributed by atoms with Gasteiger partial charge in [0, 0.05) is 5.56 Å². The van der Waals surface area contributed by atoms with Crippen LogP contribution in [0.25, 0.3) is 0 Å². The third-order valence-electron chi connectivity index (χ3n) is 3.09. The maximum Gasteiger partial charge on any atom is 0.349 e. The molecule has 0 atom stereocenters. The van der Waals surface area contributed by atoms with Gasteiger partial charge in [0.05, 0.1) is 5.56 Å². The normalized spacial score (nSPS) is 13.8. The molecule has 0 unspecified atom stereocenters. The van der Waals surface area contributed by atoms with Crippen molar-refractivity contribution in [2.45, 2.75) is 4.90 Å². The fraction of sp³-hybridized carbons (Fsp3) is 0.0625. The average molecular weight is 410 g/mol. The topological polar surface area (TPSA) is 69.7 Å². The second-order valence-electron chi connectivity index (χ2n) is 5.20. The van der Waals surface area contributed by atoms with Gasteiger partial charge in [-0.3, -0.25) is 4.79 Å². The maximum atomic E-state index is 13.0. The van der Waals surface area contributed by atoms with E-state index in [1.165, 1.54) is 24.3 Å². The number of halogens is 5. The van der Waals surface area contributed by atoms with Crippen molar-refractivity contribution in [3.63, 3.8) is 0 Å². The third-order valence-corrected chi connectivity index (χ3v) is 4.28. The summed E-state index contributed by atoms with van der Waals surface area (Å²) in [7, 11) is -10.1. The zero-order valence-electron chi connectivity index (χ0n) is 13.2. The van der Waals surface area contributed by atoms with Gasteiger partial charge in [0.1, 0.15) is 16.9 Å². The van der Waals surface area contributed by atoms with E-state index >= 15 is 0 Å². The molecule has 0 aromatic heterocycles. The molecule has 2 aromatic rings. The van der Waals surface area contributed by atoms with E-state index in [1.807, 2.05) is 0 Å². The van der Waals surface area contributed by atoms with Crippen molar-refractivity contribution < 1.29 is 43.3 Å². The highest BCUT2D eigenvalue weighted by Gasteiger charge is 2.67. The molecule has 0 aliphatic carbocycles. The molecule has 27 heavy (non-hydrogen) atoms. The highest BCUT2D eigenvalue weighted by Crippen LogP contribution is 3.02. The summed E-state index contributed by atoms with van der Waals surface area (Å²) in [5.74, 6) is -2.94. The Hall–Kier alpha value is -2.95. The molecule has 0 heterocycles. The van der Waals surface area contributed by atoms with E-state index in [0.717, 1.165) is 6.07 Å². The molecule has 0 aliphatic rings. The number of hydrogen-bond acceptors (Lipinski definition) is 5. The van der Waals surface area contributed by atoms with E-state index in [-0.39, 0.29) is 11.8 Å². The van der Waals surface area contributed by atoms with Crippen molar-refractivity contribution >= 4 is 28.4 Å². The van der Waals surface area contributed by atoms with Crippen LogP contribution in [-0.2, 0) is 9.53 Å². The van der Waals surface area contributed by atoms with Gasteiger partial charge in [0.25, 0.3) is 0 Å². The first-order chi connectivity index (χ1) is 12.3. The molecule has 0 amide bonds. The van der Waals surface area contributed by atoms with Crippen LogP contribution in [0.3, 0.4) is 0 Å². The number of aldehydes is 1. The fourth-order valence-corrected chi connectivity index (χ4v) is 2.85. The summed E-state index contributed by atoms with van der Waals surface area (Å²) in [4.78, 5) is 31.4. The second-order valence-corrected chi connectivity index (χ2v) is 7.58. The monoisotopic (exact) mass is 410 g/mol. The van der Waals surface area contributed by atoms with E-state index in [9.17, 15) is 33.8 Å². The zero-order chi connectivity index (χ0) is 20.4. The molecular formula is C16H11F5O5S. The van der Waals surface area contributed by atoms with E-state index in [4.69, 9.17) is 4.74 Å². The molecule has 2 aromatic carbocycles. The first-order valence-electron chi connectivity index (χ1n) is 7.06. The lowest BCUT2D eigenvalue weighted by Crippen LogP contribution is -2.20. The summed E-state index contributed by atoms with van der Waals surface area (Å²) in [6.07, 6.45) is 0.545. The summed E-state index contributed by atoms with van der Waals surface area (Å²) in [6, 6.07) is 7.38. The maximum absolute atomic E-state index is 13.0. The lowest BCUT2D eigenvalue weighted by Gasteiger charge is -2.41. The van der Waals surface area contributed by atoms with Gasteiger partial charge in [-0.05, 0) is 36.4 Å². The quantitative estimate of drug-likeness (QED) is 0.293. The number of rotatable bonds is 6. The van der Waals surface area contributed by atoms with Gasteiger partial charge >= 0.3 is 22.2 Å². The van der Waals surface area contributed by atoms with Crippen LogP contribution in [0, 0.1) is 0 Å². The third kappa shape index (κ3) is 5.51. The van der Waals surface area contributed by atoms with Crippen LogP contribution in [-0.4, -0.2) is 24.8 Å². The van der Waals surface area contributed by atoms with Crippen LogP contribution < -0.4 is 4.74 Å². The summed E-state index contributed by atoms with van der Waals surface area (Å²) in [5.41, 5.74) is -1.12. The molecule has 2 rings (SSSR count). The van der Waals surface area contributed by atoms with Crippen LogP contribution in [0.5, 0.6) is 5.75 Å². The molecule has 0 aliphatic heterocycles. The average Bonchev–Trinajstić information content (AvgIpc) is 2.58. The molecule has 0 saturated carbocycles. The summed E-state index contributed by atoms with van der Waals surface area (Å²) >= 11 is 0. The predicted molar refractivity (Wildman–Crippen MR) is 85.6 cm³/mol. The second kappa shape index (κ2) is 6.34. The Labute approximate surface area is 149 Å². The van der Waals surface area contributed by atoms with Crippen molar-refractivity contribution in [1.29, 1.82) is 0 Å². The lowest BCUT2D eigenvalue weighted by molar-refractivity contribution is -0.137. The van der Waals surface area contributed by atoms with E-state index in [0.29, 0.717) is 24.0 Å². The Morgan fingerprint density at radius 2 is 1.52 bits per heavy atom. The minimum atomic E-state index is -10.1. The van der Waals surface area contributed by atoms with Crippen molar-refractivity contribution in [3.05, 3.63) is 59.7 Å². The SMILES string of the molecule is O=Cc1ccc(OC(=O)COC(=O)c2ccccc2S(F)(F)(F)(F)F)cc1. The van der Waals surface area contributed by atoms with Crippen molar-refractivity contribution in [1.82, 2.24) is 0 Å². The molecule has 11 heteroatoms. The number of ether oxygens (including phenoxy) is 2. The van der Waals surface area contributed by atoms with Crippen molar-refractivity contribution in [2.75, 3.05) is 6.61 Å². The van der Waals surface area contributed by atoms with Crippen LogP contribution in [0.4, 0.5) is 19.4 Å². The van der Waals surface area contributed by atoms with E-state index < -0.39 is 39.2 Å². The van der Waals surface area contributed by atoms with E-state index in [2.05, 4.69) is 4.74 Å². The Kier molecular flexibility index (Phi) is 4.78. The number of benzene rings is 2. The molecule has 0 N–H and O–H groups in total. The Bertz CT molecular complexity index is 894. The highest BCUT2D eigenvalue weighted by atomic mass is 32.5. The number of hydrogen-bond donors (Lipinski definition) is 0. The highest BCUT2D eigenvalue weighted by molar-refractivity contribution is 8.45. The van der Waals surface area contributed by atoms with Gasteiger partial charge in [-0.1, -0.05) is 31.6 Å². The molecule has 0 saturated heterocycles. The van der Waals surface area contributed by atoms with Crippen molar-refractivity contribution in [3.8, 4) is 5.75 Å². The van der Waals surface area contributed by atoms with Gasteiger partial charge in [0.2, 0.25) is 0 Å². The van der Waals surface area contributed by atoms with Gasteiger partial charge in [-0.15, -0.1) is 0 Å². The van der Waals surface area contributed by atoms with Gasteiger partial charge in [-0.2, -0.15) is 0 Å². The number of esters is 2. The molecular weight excluding hydrogens is 399 g/mol. The molecule has 5 nitrogen and oxygen atoms in total. The standard InChI is InChI=1S/C16H11F5O5S/c17-27(18,19,20,21)14-4-2-1-3-13(14)16(24)25-10-15(23)26-12-7-5-11(9-22)6-8-12/h1-9H,10H2. The molecule has 0 spiro atoms. The Morgan fingerprint density at radius 1 is 0.926 bits per heavy atom. The van der Waals surface area contributed by atoms with Gasteiger partial charge in [0.15, 0.2) is 6.61 Å². The van der Waals surface area contributed by atoms with Crippen LogP contribution in [0.15, 0.2) is 53.4 Å². The van der Waals surface area contributed by atoms with E-state index in [1.54, 1.807) is 0 Å². The minimum Gasteiger partial charge on any atom is -0.450 e. The first-order valence-corrected chi connectivity index (χ1v) is 9.01. The lowest BCUT2D eigenvalue weighted by atomic mass is 10.2. The first kappa shape index (κ1) is 20.4. The number of carbonyl (C=O) groups is 3. The molecule has 146 valence electrons. The molecule has 0 radical (unpaired) electrons. The van der Waals surface area contributed by atoms with Gasteiger partial charge in [-0.25, -0.2) is 9.59 Å². The zero-order valence-corrected chi connectivity index (χ0v) is 14.1. The molecule has 0 bridgehead atoms. The minimum absolute atomic E-state index is 0.0194. The van der Waals surface area contributed by atoms with Crippen LogP contribution >= 0.6 is 10.2 Å². The predicted octanol–water partition coefficient (Wildman–Crippen LogP) is 4.92. The van der Waals surface area contributed by atoms with Crippen molar-refractivity contribution in [2.24, 2.45) is 0 Å². The Morgan fingerprint density at radius 3 is 2.07 bits per heavy atom. The summed E-state index contributed by atoms with van der Waals surface area (Å²) < 4.78 is 74.1.